The number of tetrazole rings is 1. The summed E-state index contributed by atoms with van der Waals surface area (Å²) in [5.41, 5.74) is 1.46. The summed E-state index contributed by atoms with van der Waals surface area (Å²) in [6, 6.07) is 6.00. The summed E-state index contributed by atoms with van der Waals surface area (Å²) < 4.78 is 14.2. The molecule has 3 rings (SSSR count). The third-order valence-electron chi connectivity index (χ3n) is 2.59. The number of carbonyl (C=O) groups is 1. The first-order valence-corrected chi connectivity index (χ1v) is 6.81. The molecule has 0 fully saturated rings. The molecule has 9 heteroatoms. The highest BCUT2D eigenvalue weighted by molar-refractivity contribution is 7.14. The molecule has 0 atom stereocenters. The molecule has 7 nitrogen and oxygen atoms in total. The number of hydrogen-bond acceptors (Lipinski definition) is 6. The van der Waals surface area contributed by atoms with Crippen molar-refractivity contribution in [3.05, 3.63) is 41.8 Å². The van der Waals surface area contributed by atoms with Crippen LogP contribution < -0.4 is 5.32 Å². The summed E-state index contributed by atoms with van der Waals surface area (Å²) in [5.74, 6) is -0.578. The maximum Gasteiger partial charge on any atom is 0.248 e. The van der Waals surface area contributed by atoms with Gasteiger partial charge < -0.3 is 5.32 Å². The highest BCUT2D eigenvalue weighted by Gasteiger charge is 2.09. The highest BCUT2D eigenvalue weighted by atomic mass is 32.1. The van der Waals surface area contributed by atoms with E-state index in [4.69, 9.17) is 0 Å². The first-order valence-electron chi connectivity index (χ1n) is 5.93. The van der Waals surface area contributed by atoms with Crippen molar-refractivity contribution in [3.63, 3.8) is 0 Å². The SMILES string of the molecule is O=C(Cn1cnnn1)Nc1nc(-c2ccc(F)cc2)cs1. The number of halogens is 1. The predicted molar refractivity (Wildman–Crippen MR) is 74.0 cm³/mol. The van der Waals surface area contributed by atoms with Crippen LogP contribution in [0, 0.1) is 5.82 Å². The summed E-state index contributed by atoms with van der Waals surface area (Å²) >= 11 is 1.29. The van der Waals surface area contributed by atoms with Crippen molar-refractivity contribution in [1.29, 1.82) is 0 Å². The number of benzene rings is 1. The molecule has 0 aliphatic carbocycles. The average Bonchev–Trinajstić information content (AvgIpc) is 3.11. The van der Waals surface area contributed by atoms with Gasteiger partial charge in [0.05, 0.1) is 5.69 Å². The average molecular weight is 304 g/mol. The number of amides is 1. The molecule has 0 unspecified atom stereocenters. The Hall–Kier alpha value is -2.68. The van der Waals surface area contributed by atoms with E-state index in [-0.39, 0.29) is 18.3 Å². The molecule has 2 heterocycles. The second kappa shape index (κ2) is 5.75. The van der Waals surface area contributed by atoms with E-state index < -0.39 is 0 Å². The van der Waals surface area contributed by atoms with Crippen LogP contribution in [0.1, 0.15) is 0 Å². The van der Waals surface area contributed by atoms with Crippen molar-refractivity contribution in [3.8, 4) is 11.3 Å². The lowest BCUT2D eigenvalue weighted by atomic mass is 10.2. The van der Waals surface area contributed by atoms with Crippen LogP contribution in [0.15, 0.2) is 36.0 Å². The molecule has 2 aromatic heterocycles. The number of aromatic nitrogens is 5. The fourth-order valence-electron chi connectivity index (χ4n) is 1.64. The highest BCUT2D eigenvalue weighted by Crippen LogP contribution is 2.24. The molecular weight excluding hydrogens is 295 g/mol. The van der Waals surface area contributed by atoms with Crippen LogP contribution in [0.3, 0.4) is 0 Å². The number of rotatable bonds is 4. The molecule has 0 spiro atoms. The van der Waals surface area contributed by atoms with Gasteiger partial charge in [-0.2, -0.15) is 0 Å². The second-order valence-corrected chi connectivity index (χ2v) is 4.96. The molecule has 106 valence electrons. The van der Waals surface area contributed by atoms with Crippen LogP contribution in [0.4, 0.5) is 9.52 Å². The van der Waals surface area contributed by atoms with Crippen LogP contribution in [0.2, 0.25) is 0 Å². The van der Waals surface area contributed by atoms with E-state index >= 15 is 0 Å². The minimum atomic E-state index is -0.302. The second-order valence-electron chi connectivity index (χ2n) is 4.10. The number of thiazole rings is 1. The van der Waals surface area contributed by atoms with Gasteiger partial charge in [-0.05, 0) is 34.7 Å². The number of anilines is 1. The van der Waals surface area contributed by atoms with Crippen molar-refractivity contribution >= 4 is 22.4 Å². The van der Waals surface area contributed by atoms with Crippen LogP contribution in [0.5, 0.6) is 0 Å². The molecule has 0 aliphatic rings. The van der Waals surface area contributed by atoms with E-state index in [1.165, 1.54) is 34.5 Å². The lowest BCUT2D eigenvalue weighted by molar-refractivity contribution is -0.116. The van der Waals surface area contributed by atoms with Gasteiger partial charge in [-0.25, -0.2) is 14.1 Å². The van der Waals surface area contributed by atoms with E-state index in [0.717, 1.165) is 5.56 Å². The van der Waals surface area contributed by atoms with Crippen LogP contribution >= 0.6 is 11.3 Å². The summed E-state index contributed by atoms with van der Waals surface area (Å²) in [6.07, 6.45) is 1.35. The molecule has 0 saturated carbocycles. The zero-order chi connectivity index (χ0) is 14.7. The Labute approximate surface area is 122 Å². The minimum Gasteiger partial charge on any atom is -0.300 e. The van der Waals surface area contributed by atoms with E-state index in [9.17, 15) is 9.18 Å². The summed E-state index contributed by atoms with van der Waals surface area (Å²) in [5, 5.41) is 15.4. The Morgan fingerprint density at radius 3 is 2.86 bits per heavy atom. The molecule has 0 saturated heterocycles. The smallest absolute Gasteiger partial charge is 0.248 e. The molecule has 1 aromatic carbocycles. The van der Waals surface area contributed by atoms with Crippen molar-refractivity contribution in [2.45, 2.75) is 6.54 Å². The van der Waals surface area contributed by atoms with E-state index in [1.54, 1.807) is 17.5 Å². The Balaban J connectivity index is 1.67. The first kappa shape index (κ1) is 13.3. The van der Waals surface area contributed by atoms with Gasteiger partial charge in [-0.15, -0.1) is 16.4 Å². The van der Waals surface area contributed by atoms with Crippen LogP contribution in [-0.4, -0.2) is 31.1 Å². The van der Waals surface area contributed by atoms with E-state index in [2.05, 4.69) is 25.8 Å². The topological polar surface area (TPSA) is 85.6 Å². The van der Waals surface area contributed by atoms with Crippen molar-refractivity contribution < 1.29 is 9.18 Å². The zero-order valence-corrected chi connectivity index (χ0v) is 11.4. The van der Waals surface area contributed by atoms with Gasteiger partial charge in [0.25, 0.3) is 0 Å². The van der Waals surface area contributed by atoms with Crippen LogP contribution in [0.25, 0.3) is 11.3 Å². The standard InChI is InChI=1S/C12H9FN6OS/c13-9-3-1-8(2-4-9)10-6-21-12(15-10)16-11(20)5-19-7-14-17-18-19/h1-4,6-7H,5H2,(H,15,16,20). The summed E-state index contributed by atoms with van der Waals surface area (Å²) in [7, 11) is 0. The van der Waals surface area contributed by atoms with Gasteiger partial charge in [0.1, 0.15) is 18.7 Å². The Morgan fingerprint density at radius 1 is 1.33 bits per heavy atom. The van der Waals surface area contributed by atoms with Gasteiger partial charge in [0.2, 0.25) is 5.91 Å². The fourth-order valence-corrected chi connectivity index (χ4v) is 2.38. The molecule has 21 heavy (non-hydrogen) atoms. The monoisotopic (exact) mass is 304 g/mol. The maximum atomic E-state index is 12.9. The molecular formula is C12H9FN6OS. The van der Waals surface area contributed by atoms with Crippen LogP contribution in [-0.2, 0) is 11.3 Å². The fraction of sp³-hybridized carbons (Fsp3) is 0.0833. The molecule has 0 radical (unpaired) electrons. The number of nitrogens with one attached hydrogen (secondary N) is 1. The van der Waals surface area contributed by atoms with E-state index in [0.29, 0.717) is 10.8 Å². The van der Waals surface area contributed by atoms with Crippen molar-refractivity contribution in [2.75, 3.05) is 5.32 Å². The normalized spacial score (nSPS) is 10.5. The quantitative estimate of drug-likeness (QED) is 0.791. The van der Waals surface area contributed by atoms with Gasteiger partial charge in [-0.3, -0.25) is 4.79 Å². The Bertz CT molecular complexity index is 739. The summed E-state index contributed by atoms with van der Waals surface area (Å²) in [6.45, 7) is 0.0124. The predicted octanol–water partition coefficient (Wildman–Crippen LogP) is 1.57. The molecule has 0 aliphatic heterocycles. The Kier molecular flexibility index (Phi) is 3.65. The first-order chi connectivity index (χ1) is 10.2. The van der Waals surface area contributed by atoms with E-state index in [1.807, 2.05) is 0 Å². The Morgan fingerprint density at radius 2 is 2.14 bits per heavy atom. The third-order valence-corrected chi connectivity index (χ3v) is 3.35. The molecule has 0 bridgehead atoms. The lowest BCUT2D eigenvalue weighted by Crippen LogP contribution is -2.19. The van der Waals surface area contributed by atoms with Gasteiger partial charge >= 0.3 is 0 Å². The third kappa shape index (κ3) is 3.26. The number of carbonyl (C=O) groups excluding carboxylic acids is 1. The van der Waals surface area contributed by atoms with Gasteiger partial charge in [0, 0.05) is 10.9 Å². The van der Waals surface area contributed by atoms with Gasteiger partial charge in [-0.1, -0.05) is 0 Å². The largest absolute Gasteiger partial charge is 0.300 e. The molecule has 1 N–H and O–H groups in total. The van der Waals surface area contributed by atoms with Crippen molar-refractivity contribution in [1.82, 2.24) is 25.2 Å². The molecule has 3 aromatic rings. The molecule has 1 amide bonds. The van der Waals surface area contributed by atoms with Gasteiger partial charge in [0.15, 0.2) is 5.13 Å². The number of nitrogens with zero attached hydrogens (tertiary/aromatic N) is 5. The minimum absolute atomic E-state index is 0.0124. The maximum absolute atomic E-state index is 12.9. The summed E-state index contributed by atoms with van der Waals surface area (Å²) in [4.78, 5) is 16.0. The lowest BCUT2D eigenvalue weighted by Gasteiger charge is -2.00. The van der Waals surface area contributed by atoms with Crippen molar-refractivity contribution in [2.24, 2.45) is 0 Å². The zero-order valence-electron chi connectivity index (χ0n) is 10.6. The number of hydrogen-bond donors (Lipinski definition) is 1.